The highest BCUT2D eigenvalue weighted by Gasteiger charge is 2.17. The second kappa shape index (κ2) is 4.73. The molecule has 2 aromatic rings. The van der Waals surface area contributed by atoms with E-state index in [1.807, 2.05) is 0 Å². The minimum absolute atomic E-state index is 0.0218. The van der Waals surface area contributed by atoms with E-state index >= 15 is 0 Å². The SMILES string of the molecule is CNC(C)c1nnnn1-c1cc(F)c(F)c(F)c1. The fraction of sp³-hybridized carbons (Fsp3) is 0.300. The average molecular weight is 257 g/mol. The Morgan fingerprint density at radius 1 is 1.22 bits per heavy atom. The predicted molar refractivity (Wildman–Crippen MR) is 56.5 cm³/mol. The van der Waals surface area contributed by atoms with E-state index in [0.717, 1.165) is 16.8 Å². The summed E-state index contributed by atoms with van der Waals surface area (Å²) < 4.78 is 40.3. The van der Waals surface area contributed by atoms with E-state index in [4.69, 9.17) is 0 Å². The third-order valence-corrected chi connectivity index (χ3v) is 2.53. The Balaban J connectivity index is 2.53. The molecule has 96 valence electrons. The number of aromatic nitrogens is 4. The van der Waals surface area contributed by atoms with Crippen molar-refractivity contribution < 1.29 is 13.2 Å². The van der Waals surface area contributed by atoms with Crippen molar-refractivity contribution in [2.45, 2.75) is 13.0 Å². The molecule has 8 heteroatoms. The van der Waals surface area contributed by atoms with Crippen LogP contribution < -0.4 is 5.32 Å². The summed E-state index contributed by atoms with van der Waals surface area (Å²) in [4.78, 5) is 0. The van der Waals surface area contributed by atoms with Crippen LogP contribution in [0.4, 0.5) is 13.2 Å². The first-order chi connectivity index (χ1) is 8.54. The Morgan fingerprint density at radius 3 is 2.39 bits per heavy atom. The van der Waals surface area contributed by atoms with Crippen molar-refractivity contribution in [3.8, 4) is 5.69 Å². The number of hydrogen-bond donors (Lipinski definition) is 1. The molecule has 0 amide bonds. The summed E-state index contributed by atoms with van der Waals surface area (Å²) in [6.07, 6.45) is 0. The average Bonchev–Trinajstić information content (AvgIpc) is 2.83. The van der Waals surface area contributed by atoms with Gasteiger partial charge in [-0.1, -0.05) is 0 Å². The second-order valence-corrected chi connectivity index (χ2v) is 3.68. The van der Waals surface area contributed by atoms with Gasteiger partial charge in [0, 0.05) is 12.1 Å². The monoisotopic (exact) mass is 257 g/mol. The van der Waals surface area contributed by atoms with Crippen LogP contribution in [0.1, 0.15) is 18.8 Å². The van der Waals surface area contributed by atoms with Gasteiger partial charge >= 0.3 is 0 Å². The Morgan fingerprint density at radius 2 is 1.83 bits per heavy atom. The van der Waals surface area contributed by atoms with Gasteiger partial charge < -0.3 is 5.32 Å². The van der Waals surface area contributed by atoms with Crippen LogP contribution >= 0.6 is 0 Å². The lowest BCUT2D eigenvalue weighted by Gasteiger charge is -2.10. The van der Waals surface area contributed by atoms with E-state index in [9.17, 15) is 13.2 Å². The number of hydrogen-bond acceptors (Lipinski definition) is 4. The summed E-state index contributed by atoms with van der Waals surface area (Å²) in [7, 11) is 1.69. The zero-order valence-electron chi connectivity index (χ0n) is 9.65. The van der Waals surface area contributed by atoms with Crippen molar-refractivity contribution in [3.63, 3.8) is 0 Å². The molecule has 0 saturated heterocycles. The molecule has 0 spiro atoms. The van der Waals surface area contributed by atoms with Crippen molar-refractivity contribution in [2.75, 3.05) is 7.05 Å². The number of tetrazole rings is 1. The Kier molecular flexibility index (Phi) is 3.28. The zero-order chi connectivity index (χ0) is 13.3. The summed E-state index contributed by atoms with van der Waals surface area (Å²) >= 11 is 0. The van der Waals surface area contributed by atoms with Crippen molar-refractivity contribution >= 4 is 0 Å². The molecular weight excluding hydrogens is 247 g/mol. The fourth-order valence-electron chi connectivity index (χ4n) is 1.44. The van der Waals surface area contributed by atoms with Crippen LogP contribution in [-0.4, -0.2) is 27.3 Å². The van der Waals surface area contributed by atoms with Crippen molar-refractivity contribution in [1.82, 2.24) is 25.5 Å². The molecule has 0 radical (unpaired) electrons. The lowest BCUT2D eigenvalue weighted by molar-refractivity contribution is 0.445. The smallest absolute Gasteiger partial charge is 0.194 e. The van der Waals surface area contributed by atoms with Gasteiger partial charge in [0.05, 0.1) is 11.7 Å². The normalized spacial score (nSPS) is 12.7. The van der Waals surface area contributed by atoms with Crippen molar-refractivity contribution in [1.29, 1.82) is 0 Å². The molecule has 5 nitrogen and oxygen atoms in total. The van der Waals surface area contributed by atoms with Gasteiger partial charge in [0.1, 0.15) is 0 Å². The minimum atomic E-state index is -1.52. The highest BCUT2D eigenvalue weighted by atomic mass is 19.2. The Hall–Kier alpha value is -1.96. The van der Waals surface area contributed by atoms with Crippen LogP contribution in [0.25, 0.3) is 5.69 Å². The predicted octanol–water partition coefficient (Wildman–Crippen LogP) is 1.36. The number of benzene rings is 1. The standard InChI is InChI=1S/C10H10F3N5/c1-5(14-2)10-15-16-17-18(10)6-3-7(11)9(13)8(12)4-6/h3-5,14H,1-2H3. The lowest BCUT2D eigenvalue weighted by Crippen LogP contribution is -2.18. The van der Waals surface area contributed by atoms with Gasteiger partial charge in [-0.2, -0.15) is 4.68 Å². The van der Waals surface area contributed by atoms with Crippen molar-refractivity contribution in [2.24, 2.45) is 0 Å². The molecule has 1 heterocycles. The van der Waals surface area contributed by atoms with Gasteiger partial charge in [-0.3, -0.25) is 0 Å². The fourth-order valence-corrected chi connectivity index (χ4v) is 1.44. The molecule has 1 aromatic carbocycles. The summed E-state index contributed by atoms with van der Waals surface area (Å²) in [5, 5.41) is 13.7. The van der Waals surface area contributed by atoms with Gasteiger partial charge in [0.2, 0.25) is 0 Å². The highest BCUT2D eigenvalue weighted by molar-refractivity contribution is 5.33. The number of halogens is 3. The van der Waals surface area contributed by atoms with E-state index in [0.29, 0.717) is 5.82 Å². The number of rotatable bonds is 3. The maximum Gasteiger partial charge on any atom is 0.194 e. The van der Waals surface area contributed by atoms with Gasteiger partial charge in [-0.15, -0.1) is 5.10 Å². The Bertz CT molecular complexity index is 545. The molecule has 2 rings (SSSR count). The van der Waals surface area contributed by atoms with Gasteiger partial charge in [0.15, 0.2) is 23.3 Å². The summed E-state index contributed by atoms with van der Waals surface area (Å²) in [6, 6.07) is 1.44. The largest absolute Gasteiger partial charge is 0.311 e. The molecule has 0 aliphatic heterocycles. The van der Waals surface area contributed by atoms with Crippen molar-refractivity contribution in [3.05, 3.63) is 35.4 Å². The van der Waals surface area contributed by atoms with Crippen LogP contribution in [0.5, 0.6) is 0 Å². The second-order valence-electron chi connectivity index (χ2n) is 3.68. The minimum Gasteiger partial charge on any atom is -0.311 e. The molecule has 0 saturated carbocycles. The topological polar surface area (TPSA) is 55.6 Å². The third kappa shape index (κ3) is 2.06. The first-order valence-corrected chi connectivity index (χ1v) is 5.15. The first-order valence-electron chi connectivity index (χ1n) is 5.15. The van der Waals surface area contributed by atoms with E-state index in [2.05, 4.69) is 20.8 Å². The van der Waals surface area contributed by atoms with Gasteiger partial charge in [-0.25, -0.2) is 13.2 Å². The van der Waals surface area contributed by atoms with E-state index < -0.39 is 17.5 Å². The molecule has 1 atom stereocenters. The molecular formula is C10H10F3N5. The quantitative estimate of drug-likeness (QED) is 0.843. The molecule has 1 aromatic heterocycles. The summed E-state index contributed by atoms with van der Waals surface area (Å²) in [6.45, 7) is 1.78. The summed E-state index contributed by atoms with van der Waals surface area (Å²) in [5.41, 5.74) is 0.0218. The molecule has 1 unspecified atom stereocenters. The lowest BCUT2D eigenvalue weighted by atomic mass is 10.2. The van der Waals surface area contributed by atoms with Crippen LogP contribution in [0.15, 0.2) is 12.1 Å². The maximum absolute atomic E-state index is 13.1. The van der Waals surface area contributed by atoms with E-state index in [-0.39, 0.29) is 11.7 Å². The van der Waals surface area contributed by atoms with Gasteiger partial charge in [0.25, 0.3) is 0 Å². The van der Waals surface area contributed by atoms with Gasteiger partial charge in [-0.05, 0) is 24.4 Å². The number of nitrogens with one attached hydrogen (secondary N) is 1. The molecule has 0 aliphatic rings. The van der Waals surface area contributed by atoms with E-state index in [1.165, 1.54) is 0 Å². The third-order valence-electron chi connectivity index (χ3n) is 2.53. The molecule has 0 bridgehead atoms. The molecule has 1 N–H and O–H groups in total. The zero-order valence-corrected chi connectivity index (χ0v) is 9.65. The van der Waals surface area contributed by atoms with Crippen LogP contribution in [-0.2, 0) is 0 Å². The molecule has 18 heavy (non-hydrogen) atoms. The Labute approximate surface area is 101 Å². The maximum atomic E-state index is 13.1. The first kappa shape index (κ1) is 12.5. The summed E-state index contributed by atoms with van der Waals surface area (Å²) in [5.74, 6) is -3.73. The van der Waals surface area contributed by atoms with Crippen LogP contribution in [0, 0.1) is 17.5 Å². The van der Waals surface area contributed by atoms with E-state index in [1.54, 1.807) is 14.0 Å². The van der Waals surface area contributed by atoms with Crippen LogP contribution in [0.3, 0.4) is 0 Å². The number of nitrogens with zero attached hydrogens (tertiary/aromatic N) is 4. The molecule has 0 fully saturated rings. The molecule has 0 aliphatic carbocycles. The highest BCUT2D eigenvalue weighted by Crippen LogP contribution is 2.18. The van der Waals surface area contributed by atoms with Crippen LogP contribution in [0.2, 0.25) is 0 Å².